The van der Waals surface area contributed by atoms with E-state index in [2.05, 4.69) is 58.4 Å². The van der Waals surface area contributed by atoms with Crippen LogP contribution in [-0.2, 0) is 105 Å². The molecule has 0 aromatic carbocycles. The normalized spacial score (nSPS) is 19.8. The molecule has 0 spiro atoms. The average molecular weight is 1330 g/mol. The van der Waals surface area contributed by atoms with Crippen LogP contribution in [0.25, 0.3) is 0 Å². The zero-order chi connectivity index (χ0) is 70.2. The van der Waals surface area contributed by atoms with E-state index in [4.69, 9.17) is 37.9 Å². The molecule has 2 rings (SSSR count). The Kier molecular flexibility index (Phi) is 30.2. The first-order valence-electron chi connectivity index (χ1n) is 28.7. The Labute approximate surface area is 527 Å². The molecular weight excluding hydrogens is 1250 g/mol. The molecule has 0 aromatic heterocycles. The second kappa shape index (κ2) is 34.4. The number of halogens is 8. The molecule has 0 bridgehead atoms. The fourth-order valence-electron chi connectivity index (χ4n) is 11.4. The fraction of sp³-hybridized carbons (Fsp3) is 0.645. The van der Waals surface area contributed by atoms with Crippen LogP contribution in [0.2, 0.25) is 0 Å². The van der Waals surface area contributed by atoms with Crippen molar-refractivity contribution < 1.29 is 140 Å². The average Bonchev–Trinajstić information content (AvgIpc) is 0.825. The largest absolute Gasteiger partial charge is 0.458 e. The summed E-state index contributed by atoms with van der Waals surface area (Å²) in [5, 5.41) is 0. The smallest absolute Gasteiger partial charge is 0.389 e. The maximum atomic E-state index is 14.8. The number of alkyl halides is 8. The summed E-state index contributed by atoms with van der Waals surface area (Å²) in [5.41, 5.74) is -7.26. The third-order valence-electron chi connectivity index (χ3n) is 14.5. The van der Waals surface area contributed by atoms with Gasteiger partial charge in [0.05, 0.1) is 12.8 Å². The highest BCUT2D eigenvalue weighted by atomic mass is 19.3. The van der Waals surface area contributed by atoms with Crippen molar-refractivity contribution in [2.24, 2.45) is 33.5 Å². The lowest BCUT2D eigenvalue weighted by atomic mass is 9.59. The second-order valence-electron chi connectivity index (χ2n) is 25.1. The van der Waals surface area contributed by atoms with Crippen LogP contribution in [0.4, 0.5) is 35.1 Å². The number of carbonyl (C=O) groups is 10. The van der Waals surface area contributed by atoms with E-state index in [1.807, 2.05) is 27.7 Å². The molecule has 4 atom stereocenters. The van der Waals surface area contributed by atoms with Gasteiger partial charge in [0, 0.05) is 49.3 Å². The second-order valence-corrected chi connectivity index (χ2v) is 25.1. The molecule has 30 heteroatoms. The molecule has 2 aliphatic rings. The molecule has 0 heterocycles. The van der Waals surface area contributed by atoms with Gasteiger partial charge < -0.3 is 56.8 Å². The van der Waals surface area contributed by atoms with E-state index in [1.54, 1.807) is 13.8 Å². The summed E-state index contributed by atoms with van der Waals surface area (Å²) in [7, 11) is 0. The van der Waals surface area contributed by atoms with E-state index in [0.29, 0.717) is 25.7 Å². The summed E-state index contributed by atoms with van der Waals surface area (Å²) >= 11 is 0. The van der Waals surface area contributed by atoms with Gasteiger partial charge in [-0.05, 0) is 84.9 Å². The molecule has 4 unspecified atom stereocenters. The molecule has 92 heavy (non-hydrogen) atoms. The highest BCUT2D eigenvalue weighted by Crippen LogP contribution is 2.53. The van der Waals surface area contributed by atoms with Crippen LogP contribution in [0.1, 0.15) is 119 Å². The predicted octanol–water partition coefficient (Wildman–Crippen LogP) is 9.51. The molecule has 2 aliphatic carbocycles. The van der Waals surface area contributed by atoms with Gasteiger partial charge in [0.15, 0.2) is 13.2 Å². The van der Waals surface area contributed by atoms with Crippen LogP contribution in [0, 0.1) is 33.5 Å². The van der Waals surface area contributed by atoms with Crippen LogP contribution in [0.15, 0.2) is 75.9 Å². The van der Waals surface area contributed by atoms with E-state index in [1.165, 1.54) is 0 Å². The van der Waals surface area contributed by atoms with Gasteiger partial charge in [0.2, 0.25) is 11.2 Å². The summed E-state index contributed by atoms with van der Waals surface area (Å²) in [6.07, 6.45) is -4.69. The summed E-state index contributed by atoms with van der Waals surface area (Å²) in [5.74, 6) is -22.3. The van der Waals surface area contributed by atoms with Crippen molar-refractivity contribution in [3.05, 3.63) is 75.9 Å². The number of ether oxygens (including phenoxy) is 12. The Bertz CT molecular complexity index is 2390. The Morgan fingerprint density at radius 1 is 0.370 bits per heavy atom. The highest BCUT2D eigenvalue weighted by Gasteiger charge is 2.59. The predicted molar refractivity (Wildman–Crippen MR) is 304 cm³/mol. The van der Waals surface area contributed by atoms with Crippen molar-refractivity contribution in [1.82, 2.24) is 0 Å². The molecule has 0 radical (unpaired) electrons. The van der Waals surface area contributed by atoms with Crippen LogP contribution >= 0.6 is 0 Å². The molecular formula is C62H82F8O22. The number of hydrogen-bond donors (Lipinski definition) is 0. The maximum Gasteiger partial charge on any atom is 0.389 e. The Hall–Kier alpha value is -7.50. The molecule has 2 fully saturated rings. The monoisotopic (exact) mass is 1330 g/mol. The van der Waals surface area contributed by atoms with E-state index in [9.17, 15) is 83.1 Å². The number of esters is 10. The first-order valence-corrected chi connectivity index (χ1v) is 28.7. The van der Waals surface area contributed by atoms with Crippen molar-refractivity contribution in [3.63, 3.8) is 0 Å². The number of carbonyl (C=O) groups excluding carboxylic acids is 10. The van der Waals surface area contributed by atoms with Gasteiger partial charge in [-0.2, -0.15) is 35.1 Å². The lowest BCUT2D eigenvalue weighted by Gasteiger charge is -2.46. The summed E-state index contributed by atoms with van der Waals surface area (Å²) in [6, 6.07) is 0. The zero-order valence-electron chi connectivity index (χ0n) is 52.4. The van der Waals surface area contributed by atoms with Gasteiger partial charge in [0.25, 0.3) is 0 Å². The van der Waals surface area contributed by atoms with E-state index >= 15 is 0 Å². The molecule has 518 valence electrons. The zero-order valence-corrected chi connectivity index (χ0v) is 52.4. The van der Waals surface area contributed by atoms with Crippen LogP contribution in [0.5, 0.6) is 0 Å². The molecule has 0 amide bonds. The van der Waals surface area contributed by atoms with Crippen molar-refractivity contribution in [1.29, 1.82) is 0 Å². The minimum absolute atomic E-state index is 0.0797. The van der Waals surface area contributed by atoms with Crippen LogP contribution in [-0.4, -0.2) is 161 Å². The van der Waals surface area contributed by atoms with Gasteiger partial charge >= 0.3 is 83.8 Å². The molecule has 22 nitrogen and oxygen atoms in total. The molecule has 0 saturated heterocycles. The third-order valence-corrected chi connectivity index (χ3v) is 14.5. The van der Waals surface area contributed by atoms with Gasteiger partial charge in [-0.1, -0.05) is 81.0 Å². The van der Waals surface area contributed by atoms with Gasteiger partial charge in [-0.15, -0.1) is 0 Å². The van der Waals surface area contributed by atoms with E-state index in [0.717, 1.165) is 36.5 Å². The third kappa shape index (κ3) is 29.0. The lowest BCUT2D eigenvalue weighted by molar-refractivity contribution is -0.337. The van der Waals surface area contributed by atoms with Crippen molar-refractivity contribution >= 4 is 59.7 Å². The first kappa shape index (κ1) is 80.6. The summed E-state index contributed by atoms with van der Waals surface area (Å²) in [6.45, 7) is 15.8. The van der Waals surface area contributed by atoms with Gasteiger partial charge in [-0.25, -0.2) is 28.8 Å². The maximum absolute atomic E-state index is 14.8. The van der Waals surface area contributed by atoms with Crippen molar-refractivity contribution in [2.45, 2.75) is 154 Å². The fourth-order valence-corrected chi connectivity index (χ4v) is 11.4. The first-order chi connectivity index (χ1) is 42.4. The van der Waals surface area contributed by atoms with Crippen molar-refractivity contribution in [2.75, 3.05) is 66.1 Å². The molecule has 0 aromatic rings. The lowest BCUT2D eigenvalue weighted by Crippen LogP contribution is -2.50. The number of rotatable bonds is 41. The molecule has 0 N–H and O–H groups in total. The topological polar surface area (TPSA) is 281 Å². The highest BCUT2D eigenvalue weighted by molar-refractivity contribution is 5.84. The summed E-state index contributed by atoms with van der Waals surface area (Å²) < 4.78 is 177. The number of hydrogen-bond acceptors (Lipinski definition) is 22. The van der Waals surface area contributed by atoms with Gasteiger partial charge in [-0.3, -0.25) is 19.2 Å². The van der Waals surface area contributed by atoms with Crippen LogP contribution in [0.3, 0.4) is 0 Å². The van der Waals surface area contributed by atoms with E-state index in [-0.39, 0.29) is 50.4 Å². The minimum atomic E-state index is -5.62. The molecule has 0 aliphatic heterocycles. The van der Waals surface area contributed by atoms with Crippen LogP contribution < -0.4 is 0 Å². The Morgan fingerprint density at radius 3 is 0.859 bits per heavy atom. The van der Waals surface area contributed by atoms with Crippen molar-refractivity contribution in [3.8, 4) is 0 Å². The minimum Gasteiger partial charge on any atom is -0.458 e. The quantitative estimate of drug-likeness (QED) is 0.0238. The SMILES string of the molecule is C=CC(=O)OCC(COC(=O)C=C)(COC(=O)C=C)OC(=O)CCC1CC(C)(C)CC(C)(CC(=O)OCC(F)(F)OCC(F)(F)C(F)(F)COC(F)(F)COC(=O)CC2(C)CC(CCC(=O)OC(COC(=O)C=C)(COC(=O)C=C)COC(=O)C=C)CC(C)(C)C2)C1. The Balaban J connectivity index is 2.03. The van der Waals surface area contributed by atoms with E-state index < -0.39 is 196 Å². The summed E-state index contributed by atoms with van der Waals surface area (Å²) in [4.78, 5) is 125. The standard InChI is InChI=1S/C62H82F8O22/c1-13-43(71)81-31-57(32-82-44(72)14-2,33-83-45(73)15-3)91-49(77)21-19-41-23-53(7,8)29-55(11,25-41)27-51(79)87-39-61(67,68)89-37-59(63,64)60(65,66)38-90-62(69,70)40-88-52(80)28-56(12)26-42(24-54(9,10)30-56)20-22-50(78)92-58(34-84-46(74)16-4,35-85-47(75)17-5)36-86-48(76)18-6/h13-18,41-42H,1-6,19-40H2,7-12H3. The molecule has 2 saturated carbocycles. The van der Waals surface area contributed by atoms with Gasteiger partial charge in [0.1, 0.15) is 52.9 Å². The Morgan fingerprint density at radius 2 is 0.620 bits per heavy atom.